The monoisotopic (exact) mass is 340 g/mol. The average molecular weight is 341 g/mol. The third kappa shape index (κ3) is 3.62. The molecule has 3 aromatic rings. The highest BCUT2D eigenvalue weighted by Crippen LogP contribution is 2.27. The molecule has 0 unspecified atom stereocenters. The third-order valence-electron chi connectivity index (χ3n) is 3.17. The van der Waals surface area contributed by atoms with Crippen molar-refractivity contribution >= 4 is 34.3 Å². The molecule has 0 atom stereocenters. The number of hydrogen-bond acceptors (Lipinski definition) is 3. The van der Waals surface area contributed by atoms with Gasteiger partial charge in [0.05, 0.1) is 17.8 Å². The van der Waals surface area contributed by atoms with E-state index in [2.05, 4.69) is 11.1 Å². The van der Waals surface area contributed by atoms with Crippen molar-refractivity contribution in [3.8, 4) is 17.4 Å². The standard InChI is InChI=1S/C18H10Cl2N2O/c19-15-7-5-14(6-8-15)17-11-22-18(23-17)16(20)9-12-1-3-13(10-21)4-2-12/h1-9,11H/b16-9-. The molecule has 0 radical (unpaired) electrons. The molecule has 112 valence electrons. The highest BCUT2D eigenvalue weighted by molar-refractivity contribution is 6.50. The molecule has 1 aromatic heterocycles. The van der Waals surface area contributed by atoms with Gasteiger partial charge in [-0.15, -0.1) is 0 Å². The van der Waals surface area contributed by atoms with Gasteiger partial charge in [-0.25, -0.2) is 4.98 Å². The molecule has 3 nitrogen and oxygen atoms in total. The van der Waals surface area contributed by atoms with Gasteiger partial charge in [-0.2, -0.15) is 5.26 Å². The minimum Gasteiger partial charge on any atom is -0.435 e. The number of nitriles is 1. The minimum atomic E-state index is 0.334. The second kappa shape index (κ2) is 6.70. The van der Waals surface area contributed by atoms with Crippen molar-refractivity contribution in [1.29, 1.82) is 5.26 Å². The van der Waals surface area contributed by atoms with Crippen LogP contribution in [0.1, 0.15) is 17.0 Å². The summed E-state index contributed by atoms with van der Waals surface area (Å²) in [5.74, 6) is 0.948. The van der Waals surface area contributed by atoms with Crippen LogP contribution in [0.4, 0.5) is 0 Å². The van der Waals surface area contributed by atoms with Crippen LogP contribution in [-0.4, -0.2) is 4.98 Å². The Balaban J connectivity index is 1.85. The second-order valence-corrected chi connectivity index (χ2v) is 5.61. The van der Waals surface area contributed by atoms with E-state index in [0.29, 0.717) is 27.3 Å². The van der Waals surface area contributed by atoms with Crippen LogP contribution in [0.25, 0.3) is 22.4 Å². The molecule has 0 aliphatic carbocycles. The Morgan fingerprint density at radius 3 is 2.43 bits per heavy atom. The van der Waals surface area contributed by atoms with Gasteiger partial charge in [-0.05, 0) is 48.0 Å². The highest BCUT2D eigenvalue weighted by Gasteiger charge is 2.09. The van der Waals surface area contributed by atoms with Crippen molar-refractivity contribution in [1.82, 2.24) is 4.98 Å². The summed E-state index contributed by atoms with van der Waals surface area (Å²) in [5.41, 5.74) is 2.33. The van der Waals surface area contributed by atoms with Gasteiger partial charge in [-0.1, -0.05) is 35.3 Å². The predicted octanol–water partition coefficient (Wildman–Crippen LogP) is 5.60. The fourth-order valence-corrected chi connectivity index (χ4v) is 2.33. The van der Waals surface area contributed by atoms with Gasteiger partial charge in [0.2, 0.25) is 5.89 Å². The van der Waals surface area contributed by atoms with Gasteiger partial charge >= 0.3 is 0 Å². The lowest BCUT2D eigenvalue weighted by molar-refractivity contribution is 0.559. The predicted molar refractivity (Wildman–Crippen MR) is 91.8 cm³/mol. The molecular formula is C18H10Cl2N2O. The largest absolute Gasteiger partial charge is 0.435 e. The van der Waals surface area contributed by atoms with E-state index >= 15 is 0 Å². The molecule has 0 bridgehead atoms. The van der Waals surface area contributed by atoms with Gasteiger partial charge in [0.15, 0.2) is 5.76 Å². The van der Waals surface area contributed by atoms with Crippen molar-refractivity contribution in [3.63, 3.8) is 0 Å². The second-order valence-electron chi connectivity index (χ2n) is 4.76. The quantitative estimate of drug-likeness (QED) is 0.623. The zero-order valence-electron chi connectivity index (χ0n) is 11.8. The number of aromatic nitrogens is 1. The zero-order chi connectivity index (χ0) is 16.2. The van der Waals surface area contributed by atoms with Crippen molar-refractivity contribution in [2.45, 2.75) is 0 Å². The smallest absolute Gasteiger partial charge is 0.238 e. The Kier molecular flexibility index (Phi) is 4.47. The van der Waals surface area contributed by atoms with Crippen molar-refractivity contribution in [2.75, 3.05) is 0 Å². The molecule has 2 aromatic carbocycles. The van der Waals surface area contributed by atoms with Crippen LogP contribution < -0.4 is 0 Å². The van der Waals surface area contributed by atoms with Gasteiger partial charge in [0, 0.05) is 10.6 Å². The Morgan fingerprint density at radius 1 is 1.09 bits per heavy atom. The van der Waals surface area contributed by atoms with Crippen LogP contribution in [0.5, 0.6) is 0 Å². The number of nitrogens with zero attached hydrogens (tertiary/aromatic N) is 2. The molecule has 0 fully saturated rings. The summed E-state index contributed by atoms with van der Waals surface area (Å²) in [6.07, 6.45) is 3.35. The van der Waals surface area contributed by atoms with Gasteiger partial charge < -0.3 is 4.42 Å². The van der Waals surface area contributed by atoms with E-state index in [9.17, 15) is 0 Å². The zero-order valence-corrected chi connectivity index (χ0v) is 13.3. The molecule has 3 rings (SSSR count). The van der Waals surface area contributed by atoms with Gasteiger partial charge in [-0.3, -0.25) is 0 Å². The van der Waals surface area contributed by atoms with Crippen LogP contribution in [-0.2, 0) is 0 Å². The number of oxazole rings is 1. The Labute approximate surface area is 143 Å². The molecule has 0 saturated carbocycles. The lowest BCUT2D eigenvalue weighted by Gasteiger charge is -1.97. The topological polar surface area (TPSA) is 49.8 Å². The first-order valence-corrected chi connectivity index (χ1v) is 7.51. The first-order chi connectivity index (χ1) is 11.2. The average Bonchev–Trinajstić information content (AvgIpc) is 3.06. The maximum atomic E-state index is 8.79. The summed E-state index contributed by atoms with van der Waals surface area (Å²) in [7, 11) is 0. The summed E-state index contributed by atoms with van der Waals surface area (Å²) < 4.78 is 5.68. The fourth-order valence-electron chi connectivity index (χ4n) is 1.99. The summed E-state index contributed by atoms with van der Waals surface area (Å²) in [6.45, 7) is 0. The molecule has 0 aliphatic rings. The van der Waals surface area contributed by atoms with E-state index in [1.807, 2.05) is 24.3 Å². The maximum Gasteiger partial charge on any atom is 0.238 e. The molecule has 0 N–H and O–H groups in total. The molecule has 5 heteroatoms. The third-order valence-corrected chi connectivity index (χ3v) is 3.69. The Hall–Kier alpha value is -2.54. The lowest BCUT2D eigenvalue weighted by atomic mass is 10.1. The van der Waals surface area contributed by atoms with Gasteiger partial charge in [0.1, 0.15) is 5.03 Å². The van der Waals surface area contributed by atoms with E-state index in [1.165, 1.54) is 0 Å². The molecule has 0 saturated heterocycles. The summed E-state index contributed by atoms with van der Waals surface area (Å²) in [4.78, 5) is 4.19. The molecule has 0 aliphatic heterocycles. The fraction of sp³-hybridized carbons (Fsp3) is 0. The lowest BCUT2D eigenvalue weighted by Crippen LogP contribution is -1.78. The minimum absolute atomic E-state index is 0.334. The SMILES string of the molecule is N#Cc1ccc(/C=C(\Cl)c2ncc(-c3ccc(Cl)cc3)o2)cc1. The number of halogens is 2. The van der Waals surface area contributed by atoms with E-state index in [4.69, 9.17) is 32.9 Å². The van der Waals surface area contributed by atoms with Crippen LogP contribution in [0.3, 0.4) is 0 Å². The molecular weight excluding hydrogens is 331 g/mol. The Bertz CT molecular complexity index is 888. The molecule has 23 heavy (non-hydrogen) atoms. The number of hydrogen-bond donors (Lipinski definition) is 0. The van der Waals surface area contributed by atoms with Crippen LogP contribution in [0, 0.1) is 11.3 Å². The maximum absolute atomic E-state index is 8.79. The van der Waals surface area contributed by atoms with E-state index in [1.54, 1.807) is 36.5 Å². The molecule has 0 spiro atoms. The van der Waals surface area contributed by atoms with Crippen LogP contribution >= 0.6 is 23.2 Å². The van der Waals surface area contributed by atoms with Crippen LogP contribution in [0.15, 0.2) is 59.1 Å². The van der Waals surface area contributed by atoms with Crippen molar-refractivity contribution in [3.05, 3.63) is 76.8 Å². The normalized spacial score (nSPS) is 11.3. The highest BCUT2D eigenvalue weighted by atomic mass is 35.5. The number of benzene rings is 2. The first kappa shape index (κ1) is 15.4. The van der Waals surface area contributed by atoms with E-state index in [0.717, 1.165) is 11.1 Å². The molecule has 0 amide bonds. The molecule has 1 heterocycles. The van der Waals surface area contributed by atoms with E-state index in [-0.39, 0.29) is 0 Å². The Morgan fingerprint density at radius 2 is 1.78 bits per heavy atom. The summed E-state index contributed by atoms with van der Waals surface area (Å²) >= 11 is 12.1. The van der Waals surface area contributed by atoms with Crippen molar-refractivity contribution < 1.29 is 4.42 Å². The number of rotatable bonds is 3. The van der Waals surface area contributed by atoms with E-state index < -0.39 is 0 Å². The van der Waals surface area contributed by atoms with Crippen LogP contribution in [0.2, 0.25) is 5.02 Å². The van der Waals surface area contributed by atoms with Gasteiger partial charge in [0.25, 0.3) is 0 Å². The summed E-state index contributed by atoms with van der Waals surface area (Å²) in [6, 6.07) is 16.4. The first-order valence-electron chi connectivity index (χ1n) is 6.75. The van der Waals surface area contributed by atoms with Crippen molar-refractivity contribution in [2.24, 2.45) is 0 Å². The summed E-state index contributed by atoms with van der Waals surface area (Å²) in [5, 5.41) is 9.84.